The summed E-state index contributed by atoms with van der Waals surface area (Å²) in [7, 11) is 4.28. The highest BCUT2D eigenvalue weighted by Crippen LogP contribution is 2.16. The van der Waals surface area contributed by atoms with E-state index in [9.17, 15) is 0 Å². The van der Waals surface area contributed by atoms with Crippen LogP contribution in [0.15, 0.2) is 58.1 Å². The van der Waals surface area contributed by atoms with Crippen molar-refractivity contribution in [3.05, 3.63) is 54.5 Å². The van der Waals surface area contributed by atoms with Crippen LogP contribution in [0.5, 0.6) is 0 Å². The maximum absolute atomic E-state index is 5.51. The van der Waals surface area contributed by atoms with Crippen molar-refractivity contribution in [2.45, 2.75) is 25.7 Å². The maximum atomic E-state index is 5.51. The second kappa shape index (κ2) is 14.3. The summed E-state index contributed by atoms with van der Waals surface area (Å²) < 4.78 is 11.0. The SMILES string of the molecule is CN(CC1CCOCC1)C(=NCCCN(C)c1ccccc1)NCCc1ccco1.I. The lowest BCUT2D eigenvalue weighted by Crippen LogP contribution is -2.43. The van der Waals surface area contributed by atoms with Gasteiger partial charge in [-0.05, 0) is 49.4 Å². The van der Waals surface area contributed by atoms with Gasteiger partial charge in [-0.1, -0.05) is 18.2 Å². The molecule has 0 bridgehead atoms. The normalized spacial score (nSPS) is 14.7. The van der Waals surface area contributed by atoms with E-state index >= 15 is 0 Å². The molecule has 3 rings (SSSR count). The summed E-state index contributed by atoms with van der Waals surface area (Å²) in [6, 6.07) is 14.5. The van der Waals surface area contributed by atoms with Crippen molar-refractivity contribution >= 4 is 35.6 Å². The zero-order chi connectivity index (χ0) is 21.0. The van der Waals surface area contributed by atoms with E-state index in [1.54, 1.807) is 6.26 Å². The van der Waals surface area contributed by atoms with Gasteiger partial charge in [-0.2, -0.15) is 0 Å². The Bertz CT molecular complexity index is 733. The molecule has 0 spiro atoms. The van der Waals surface area contributed by atoms with Crippen LogP contribution >= 0.6 is 24.0 Å². The van der Waals surface area contributed by atoms with Gasteiger partial charge in [0.1, 0.15) is 5.76 Å². The predicted molar refractivity (Wildman–Crippen MR) is 139 cm³/mol. The van der Waals surface area contributed by atoms with Gasteiger partial charge in [0, 0.05) is 65.6 Å². The number of guanidine groups is 1. The number of nitrogens with zero attached hydrogens (tertiary/aromatic N) is 3. The second-order valence-corrected chi connectivity index (χ2v) is 8.01. The quantitative estimate of drug-likeness (QED) is 0.211. The van der Waals surface area contributed by atoms with Crippen molar-refractivity contribution < 1.29 is 9.15 Å². The maximum Gasteiger partial charge on any atom is 0.193 e. The Labute approximate surface area is 204 Å². The number of anilines is 1. The van der Waals surface area contributed by atoms with Gasteiger partial charge >= 0.3 is 0 Å². The summed E-state index contributed by atoms with van der Waals surface area (Å²) >= 11 is 0. The van der Waals surface area contributed by atoms with Gasteiger partial charge in [-0.25, -0.2) is 0 Å². The van der Waals surface area contributed by atoms with E-state index in [2.05, 4.69) is 59.5 Å². The van der Waals surface area contributed by atoms with E-state index in [0.29, 0.717) is 5.92 Å². The van der Waals surface area contributed by atoms with Crippen molar-refractivity contribution in [1.29, 1.82) is 0 Å². The van der Waals surface area contributed by atoms with Gasteiger partial charge in [0.2, 0.25) is 0 Å². The number of aliphatic imine (C=N–C) groups is 1. The van der Waals surface area contributed by atoms with Crippen LogP contribution in [0.1, 0.15) is 25.0 Å². The third-order valence-electron chi connectivity index (χ3n) is 5.58. The van der Waals surface area contributed by atoms with Crippen molar-refractivity contribution in [3.8, 4) is 0 Å². The van der Waals surface area contributed by atoms with E-state index < -0.39 is 0 Å². The van der Waals surface area contributed by atoms with E-state index in [4.69, 9.17) is 14.1 Å². The fourth-order valence-electron chi connectivity index (χ4n) is 3.77. The molecule has 1 aromatic carbocycles. The molecule has 6 nitrogen and oxygen atoms in total. The number of hydrogen-bond acceptors (Lipinski definition) is 4. The molecule has 7 heteroatoms. The lowest BCUT2D eigenvalue weighted by atomic mass is 10.00. The van der Waals surface area contributed by atoms with E-state index in [-0.39, 0.29) is 24.0 Å². The summed E-state index contributed by atoms with van der Waals surface area (Å²) in [6.07, 6.45) is 5.86. The number of benzene rings is 1. The Morgan fingerprint density at radius 1 is 1.10 bits per heavy atom. The Morgan fingerprint density at radius 2 is 1.87 bits per heavy atom. The largest absolute Gasteiger partial charge is 0.469 e. The van der Waals surface area contributed by atoms with Crippen molar-refractivity contribution in [1.82, 2.24) is 10.2 Å². The first kappa shape index (κ1) is 25.5. The summed E-state index contributed by atoms with van der Waals surface area (Å²) in [5.74, 6) is 2.65. The number of halogens is 1. The Morgan fingerprint density at radius 3 is 2.58 bits per heavy atom. The van der Waals surface area contributed by atoms with Crippen LogP contribution in [0, 0.1) is 5.92 Å². The molecule has 31 heavy (non-hydrogen) atoms. The summed E-state index contributed by atoms with van der Waals surface area (Å²) in [5.41, 5.74) is 1.25. The first-order valence-electron chi connectivity index (χ1n) is 11.1. The number of hydrogen-bond donors (Lipinski definition) is 1. The van der Waals surface area contributed by atoms with E-state index in [1.807, 2.05) is 12.1 Å². The predicted octanol–water partition coefficient (Wildman–Crippen LogP) is 4.27. The van der Waals surface area contributed by atoms with Crippen LogP contribution in [0.4, 0.5) is 5.69 Å². The molecular formula is C24H37IN4O2. The number of ether oxygens (including phenoxy) is 1. The van der Waals surface area contributed by atoms with E-state index in [0.717, 1.165) is 76.8 Å². The molecule has 0 amide bonds. The fraction of sp³-hybridized carbons (Fsp3) is 0.542. The molecule has 1 aliphatic heterocycles. The minimum absolute atomic E-state index is 0. The standard InChI is InChI=1S/C24H36N4O2.HI/c1-27(22-8-4-3-5-9-22)16-7-14-25-24(26-15-11-23-10-6-17-30-23)28(2)20-21-12-18-29-19-13-21;/h3-6,8-10,17,21H,7,11-16,18-20H2,1-2H3,(H,25,26);1H. The highest BCUT2D eigenvalue weighted by atomic mass is 127. The minimum atomic E-state index is 0. The van der Waals surface area contributed by atoms with Crippen molar-refractivity contribution in [2.24, 2.45) is 10.9 Å². The van der Waals surface area contributed by atoms with Gasteiger partial charge in [-0.15, -0.1) is 24.0 Å². The molecule has 0 aliphatic carbocycles. The molecule has 2 aromatic rings. The van der Waals surface area contributed by atoms with Gasteiger partial charge in [0.25, 0.3) is 0 Å². The zero-order valence-corrected chi connectivity index (χ0v) is 21.2. The van der Waals surface area contributed by atoms with Crippen LogP contribution in [0.25, 0.3) is 0 Å². The number of furan rings is 1. The molecule has 1 fully saturated rings. The molecule has 1 saturated heterocycles. The van der Waals surface area contributed by atoms with Crippen LogP contribution in [0.3, 0.4) is 0 Å². The molecule has 0 radical (unpaired) electrons. The summed E-state index contributed by atoms with van der Waals surface area (Å²) in [4.78, 5) is 9.48. The highest BCUT2D eigenvalue weighted by Gasteiger charge is 2.17. The topological polar surface area (TPSA) is 53.2 Å². The number of para-hydroxylation sites is 1. The lowest BCUT2D eigenvalue weighted by molar-refractivity contribution is 0.0610. The van der Waals surface area contributed by atoms with Crippen LogP contribution in [-0.2, 0) is 11.2 Å². The average Bonchev–Trinajstić information content (AvgIpc) is 3.30. The van der Waals surface area contributed by atoms with Crippen LogP contribution < -0.4 is 10.2 Å². The molecule has 1 aliphatic rings. The van der Waals surface area contributed by atoms with E-state index in [1.165, 1.54) is 5.69 Å². The third kappa shape index (κ3) is 9.11. The second-order valence-electron chi connectivity index (χ2n) is 8.01. The molecule has 0 unspecified atom stereocenters. The fourth-order valence-corrected chi connectivity index (χ4v) is 3.77. The molecule has 1 aromatic heterocycles. The number of nitrogens with one attached hydrogen (secondary N) is 1. The highest BCUT2D eigenvalue weighted by molar-refractivity contribution is 14.0. The minimum Gasteiger partial charge on any atom is -0.469 e. The zero-order valence-electron chi connectivity index (χ0n) is 18.8. The Balaban J connectivity index is 0.00000341. The Hall–Kier alpha value is -1.74. The molecule has 0 atom stereocenters. The van der Waals surface area contributed by atoms with Gasteiger partial charge in [0.15, 0.2) is 5.96 Å². The van der Waals surface area contributed by atoms with Crippen LogP contribution in [0.2, 0.25) is 0 Å². The molecule has 0 saturated carbocycles. The molecule has 1 N–H and O–H groups in total. The van der Waals surface area contributed by atoms with Gasteiger partial charge in [-0.3, -0.25) is 4.99 Å². The Kier molecular flexibility index (Phi) is 11.8. The molecule has 2 heterocycles. The van der Waals surface area contributed by atoms with Gasteiger partial charge in [0.05, 0.1) is 6.26 Å². The molecule has 172 valence electrons. The first-order valence-corrected chi connectivity index (χ1v) is 11.1. The third-order valence-corrected chi connectivity index (χ3v) is 5.58. The average molecular weight is 540 g/mol. The first-order chi connectivity index (χ1) is 14.7. The monoisotopic (exact) mass is 540 g/mol. The summed E-state index contributed by atoms with van der Waals surface area (Å²) in [5, 5.41) is 3.54. The summed E-state index contributed by atoms with van der Waals surface area (Å²) in [6.45, 7) is 5.37. The van der Waals surface area contributed by atoms with Crippen LogP contribution in [-0.4, -0.2) is 64.3 Å². The van der Waals surface area contributed by atoms with Crippen molar-refractivity contribution in [3.63, 3.8) is 0 Å². The molecular weight excluding hydrogens is 503 g/mol. The lowest BCUT2D eigenvalue weighted by Gasteiger charge is -2.29. The van der Waals surface area contributed by atoms with Crippen molar-refractivity contribution in [2.75, 3.05) is 58.4 Å². The number of rotatable bonds is 10. The smallest absolute Gasteiger partial charge is 0.193 e. The van der Waals surface area contributed by atoms with Gasteiger partial charge < -0.3 is 24.3 Å².